The van der Waals surface area contributed by atoms with Gasteiger partial charge in [-0.1, -0.05) is 77.0 Å². The highest BCUT2D eigenvalue weighted by atomic mass is 19.1. The Morgan fingerprint density at radius 3 is 1.42 bits per heavy atom. The second-order valence-corrected chi connectivity index (χ2v) is 12.2. The Balaban J connectivity index is 3.59. The largest absolute Gasteiger partial charge is 0.481 e. The number of halogens is 1. The lowest BCUT2D eigenvalue weighted by Gasteiger charge is -2.14. The molecule has 2 amide bonds. The quantitative estimate of drug-likeness (QED) is 0.0454. The van der Waals surface area contributed by atoms with E-state index in [-0.39, 0.29) is 63.9 Å². The monoisotopic (exact) mass is 721 g/mol. The predicted molar refractivity (Wildman–Crippen MR) is 186 cm³/mol. The minimum Gasteiger partial charge on any atom is -0.481 e. The van der Waals surface area contributed by atoms with Gasteiger partial charge in [-0.15, -0.1) is 0 Å². The van der Waals surface area contributed by atoms with E-state index in [1.807, 2.05) is 0 Å². The van der Waals surface area contributed by atoms with Gasteiger partial charge in [-0.2, -0.15) is 4.39 Å². The van der Waals surface area contributed by atoms with Gasteiger partial charge in [0.15, 0.2) is 0 Å². The topological polar surface area (TPSA) is 199 Å². The third kappa shape index (κ3) is 36.6. The van der Waals surface area contributed by atoms with Crippen molar-refractivity contribution < 1.29 is 57.5 Å². The average Bonchev–Trinajstić information content (AvgIpc) is 3.07. The number of amides is 2. The van der Waals surface area contributed by atoms with E-state index in [2.05, 4.69) is 16.0 Å². The molecule has 0 radical (unpaired) electrons. The first kappa shape index (κ1) is 47.3. The van der Waals surface area contributed by atoms with Crippen LogP contribution in [-0.2, 0) is 42.9 Å². The lowest BCUT2D eigenvalue weighted by Crippen LogP contribution is -2.41. The van der Waals surface area contributed by atoms with Crippen molar-refractivity contribution in [3.05, 3.63) is 0 Å². The standard InChI is InChI=1S/C35H64FN3O11/c36-31(40)29-50-28-27-48-23-20-37-19-22-47-25-26-49-24-21-38-32(41)18-17-30(35(45)46)39-33(42)15-13-11-9-7-5-3-1-2-4-6-8-10-12-14-16-34(43)44/h30,37H,1-29H2,(H,38,41)(H,39,42)(H,43,44)(H,45,46)/t30-/m0/s1. The number of hydrogen-bond acceptors (Lipinski definition) is 10. The van der Waals surface area contributed by atoms with Gasteiger partial charge in [0, 0.05) is 38.9 Å². The maximum absolute atomic E-state index is 12.3. The van der Waals surface area contributed by atoms with Crippen LogP contribution in [0.2, 0.25) is 0 Å². The maximum atomic E-state index is 12.3. The molecule has 0 saturated carbocycles. The number of hydrogen-bond donors (Lipinski definition) is 5. The van der Waals surface area contributed by atoms with Crippen molar-refractivity contribution in [2.24, 2.45) is 0 Å². The summed E-state index contributed by atoms with van der Waals surface area (Å²) in [5, 5.41) is 26.4. The van der Waals surface area contributed by atoms with Crippen molar-refractivity contribution >= 4 is 29.8 Å². The summed E-state index contributed by atoms with van der Waals surface area (Å²) in [6, 6.07) is -2.62. The molecule has 0 saturated heterocycles. The molecule has 50 heavy (non-hydrogen) atoms. The van der Waals surface area contributed by atoms with Gasteiger partial charge in [0.05, 0.1) is 46.2 Å². The number of carbonyl (C=O) groups is 5. The summed E-state index contributed by atoms with van der Waals surface area (Å²) in [7, 11) is 0. The van der Waals surface area contributed by atoms with Gasteiger partial charge in [0.2, 0.25) is 11.8 Å². The molecule has 14 nitrogen and oxygen atoms in total. The minimum absolute atomic E-state index is 0.00556. The average molecular weight is 722 g/mol. The Hall–Kier alpha value is -2.72. The van der Waals surface area contributed by atoms with Crippen LogP contribution in [0, 0.1) is 0 Å². The van der Waals surface area contributed by atoms with Crippen LogP contribution in [0.25, 0.3) is 0 Å². The molecule has 0 heterocycles. The van der Waals surface area contributed by atoms with Crippen molar-refractivity contribution in [2.75, 3.05) is 72.5 Å². The first-order valence-corrected chi connectivity index (χ1v) is 18.4. The summed E-state index contributed by atoms with van der Waals surface area (Å²) >= 11 is 0. The Morgan fingerprint density at radius 1 is 0.520 bits per heavy atom. The van der Waals surface area contributed by atoms with E-state index in [1.54, 1.807) is 0 Å². The van der Waals surface area contributed by atoms with Crippen molar-refractivity contribution in [1.29, 1.82) is 0 Å². The molecule has 292 valence electrons. The number of unbranched alkanes of at least 4 members (excludes halogenated alkanes) is 13. The van der Waals surface area contributed by atoms with Gasteiger partial charge in [-0.25, -0.2) is 4.79 Å². The number of carboxylic acids is 2. The molecule has 0 bridgehead atoms. The van der Waals surface area contributed by atoms with Crippen LogP contribution in [0.5, 0.6) is 0 Å². The molecular formula is C35H64FN3O11. The third-order valence-corrected chi connectivity index (χ3v) is 7.71. The molecule has 0 aromatic carbocycles. The highest BCUT2D eigenvalue weighted by molar-refractivity contribution is 5.84. The number of aliphatic carboxylic acids is 2. The van der Waals surface area contributed by atoms with Crippen LogP contribution in [0.15, 0.2) is 0 Å². The van der Waals surface area contributed by atoms with E-state index in [1.165, 1.54) is 44.9 Å². The molecule has 0 aliphatic heterocycles. The molecule has 0 fully saturated rings. The molecule has 0 aromatic rings. The molecule has 1 atom stereocenters. The smallest absolute Gasteiger partial charge is 0.326 e. The molecule has 5 N–H and O–H groups in total. The molecule has 0 rings (SSSR count). The van der Waals surface area contributed by atoms with E-state index in [0.29, 0.717) is 45.9 Å². The van der Waals surface area contributed by atoms with Crippen molar-refractivity contribution in [3.8, 4) is 0 Å². The maximum Gasteiger partial charge on any atom is 0.326 e. The highest BCUT2D eigenvalue weighted by Crippen LogP contribution is 2.14. The molecule has 0 aliphatic carbocycles. The van der Waals surface area contributed by atoms with Crippen LogP contribution in [-0.4, -0.2) is 119 Å². The van der Waals surface area contributed by atoms with Gasteiger partial charge in [0.25, 0.3) is 0 Å². The van der Waals surface area contributed by atoms with E-state index in [4.69, 9.17) is 24.1 Å². The predicted octanol–water partition coefficient (Wildman–Crippen LogP) is 3.93. The first-order valence-electron chi connectivity index (χ1n) is 18.4. The van der Waals surface area contributed by atoms with Crippen molar-refractivity contribution in [1.82, 2.24) is 16.0 Å². The van der Waals surface area contributed by atoms with Gasteiger partial charge in [-0.3, -0.25) is 19.2 Å². The van der Waals surface area contributed by atoms with Gasteiger partial charge in [0.1, 0.15) is 12.6 Å². The van der Waals surface area contributed by atoms with E-state index < -0.39 is 30.6 Å². The lowest BCUT2D eigenvalue weighted by atomic mass is 10.0. The van der Waals surface area contributed by atoms with Crippen LogP contribution in [0.4, 0.5) is 4.39 Å². The molecular weight excluding hydrogens is 657 g/mol. The zero-order valence-electron chi connectivity index (χ0n) is 30.0. The second-order valence-electron chi connectivity index (χ2n) is 12.2. The Labute approximate surface area is 297 Å². The van der Waals surface area contributed by atoms with Crippen molar-refractivity contribution in [2.45, 2.75) is 122 Å². The van der Waals surface area contributed by atoms with E-state index in [9.17, 15) is 33.5 Å². The molecule has 0 spiro atoms. The molecule has 0 aromatic heterocycles. The Morgan fingerprint density at radius 2 is 0.960 bits per heavy atom. The first-order chi connectivity index (χ1) is 24.2. The van der Waals surface area contributed by atoms with Crippen LogP contribution >= 0.6 is 0 Å². The van der Waals surface area contributed by atoms with Crippen LogP contribution in [0.3, 0.4) is 0 Å². The fourth-order valence-corrected chi connectivity index (χ4v) is 4.94. The summed E-state index contributed by atoms with van der Waals surface area (Å²) < 4.78 is 32.8. The number of carboxylic acid groups (broad SMARTS) is 2. The fourth-order valence-electron chi connectivity index (χ4n) is 4.94. The SMILES string of the molecule is O=C(O)CCCCCCCCCCCCCCCCC(=O)N[C@@H](CCC(=O)NCCOCCOCCNCCOCCOCC(=O)F)C(=O)O. The van der Waals surface area contributed by atoms with Crippen LogP contribution < -0.4 is 16.0 Å². The molecule has 15 heteroatoms. The molecule has 0 unspecified atom stereocenters. The summed E-state index contributed by atoms with van der Waals surface area (Å²) in [6.07, 6.45) is 15.7. The summed E-state index contributed by atoms with van der Waals surface area (Å²) in [5.41, 5.74) is 0. The zero-order valence-corrected chi connectivity index (χ0v) is 30.0. The number of rotatable bonds is 39. The van der Waals surface area contributed by atoms with Crippen LogP contribution in [0.1, 0.15) is 116 Å². The van der Waals surface area contributed by atoms with Gasteiger partial charge in [-0.05, 0) is 19.3 Å². The second kappa shape index (κ2) is 36.1. The lowest BCUT2D eigenvalue weighted by molar-refractivity contribution is -0.142. The number of ether oxygens (including phenoxy) is 4. The van der Waals surface area contributed by atoms with E-state index >= 15 is 0 Å². The fraction of sp³-hybridized carbons (Fsp3) is 0.857. The number of nitrogens with one attached hydrogen (secondary N) is 3. The normalized spacial score (nSPS) is 11.7. The Bertz CT molecular complexity index is 883. The number of carbonyl (C=O) groups excluding carboxylic acids is 3. The third-order valence-electron chi connectivity index (χ3n) is 7.71. The Kier molecular flexibility index (Phi) is 34.1. The summed E-state index contributed by atoms with van der Waals surface area (Å²) in [5.74, 6) is -2.50. The van der Waals surface area contributed by atoms with Gasteiger partial charge >= 0.3 is 18.0 Å². The summed E-state index contributed by atoms with van der Waals surface area (Å²) in [4.78, 5) is 56.5. The van der Waals surface area contributed by atoms with E-state index in [0.717, 1.165) is 38.5 Å². The molecule has 0 aliphatic rings. The van der Waals surface area contributed by atoms with Crippen molar-refractivity contribution in [3.63, 3.8) is 0 Å². The summed E-state index contributed by atoms with van der Waals surface area (Å²) in [6.45, 7) is 3.33. The van der Waals surface area contributed by atoms with Gasteiger partial charge < -0.3 is 45.1 Å². The zero-order chi connectivity index (χ0) is 36.9. The minimum atomic E-state index is -1.51. The highest BCUT2D eigenvalue weighted by Gasteiger charge is 2.20.